The van der Waals surface area contributed by atoms with E-state index >= 15 is 0 Å². The Kier molecular flexibility index (Phi) is 9.26. The number of aromatic nitrogens is 1. The highest BCUT2D eigenvalue weighted by molar-refractivity contribution is 9.10. The molecular formula is C31H32BrCl2N3O2. The minimum absolute atomic E-state index is 0.0211. The summed E-state index contributed by atoms with van der Waals surface area (Å²) >= 11 is 16.8. The van der Waals surface area contributed by atoms with E-state index < -0.39 is 0 Å². The maximum absolute atomic E-state index is 13.0. The summed E-state index contributed by atoms with van der Waals surface area (Å²) in [4.78, 5) is 32.0. The molecule has 2 heterocycles. The van der Waals surface area contributed by atoms with Crippen LogP contribution in [0, 0.1) is 5.92 Å². The Morgan fingerprint density at radius 2 is 1.74 bits per heavy atom. The van der Waals surface area contributed by atoms with E-state index in [0.29, 0.717) is 54.9 Å². The van der Waals surface area contributed by atoms with Gasteiger partial charge in [-0.3, -0.25) is 14.6 Å². The second-order valence-electron chi connectivity index (χ2n) is 10.5. The minimum atomic E-state index is -0.0211. The van der Waals surface area contributed by atoms with E-state index in [4.69, 9.17) is 28.2 Å². The molecule has 1 aliphatic heterocycles. The van der Waals surface area contributed by atoms with Crippen molar-refractivity contribution in [2.24, 2.45) is 5.92 Å². The molecule has 1 saturated heterocycles. The number of halogens is 3. The average Bonchev–Trinajstić information content (AvgIpc) is 3.09. The van der Waals surface area contributed by atoms with Crippen molar-refractivity contribution in [3.63, 3.8) is 0 Å². The third-order valence-electron chi connectivity index (χ3n) is 7.91. The fourth-order valence-corrected chi connectivity index (χ4v) is 6.99. The SMILES string of the molecule is O=C(CCCC(=O)N1CCC(C2c3ncc(Br)cc3CCc3cc(Cl)cc(Cl)c32)CC1)NCc1ccccc1. The smallest absolute Gasteiger partial charge is 0.222 e. The molecule has 0 bridgehead atoms. The van der Waals surface area contributed by atoms with Crippen LogP contribution in [-0.2, 0) is 29.0 Å². The first-order chi connectivity index (χ1) is 18.9. The number of likely N-dealkylation sites (tertiary alicyclic amines) is 1. The van der Waals surface area contributed by atoms with Crippen LogP contribution in [0.1, 0.15) is 66.0 Å². The van der Waals surface area contributed by atoms with Gasteiger partial charge in [-0.2, -0.15) is 0 Å². The van der Waals surface area contributed by atoms with Gasteiger partial charge < -0.3 is 10.2 Å². The largest absolute Gasteiger partial charge is 0.352 e. The Bertz CT molecular complexity index is 1340. The Morgan fingerprint density at radius 1 is 1.00 bits per heavy atom. The van der Waals surface area contributed by atoms with Crippen LogP contribution in [0.3, 0.4) is 0 Å². The minimum Gasteiger partial charge on any atom is -0.352 e. The molecule has 0 spiro atoms. The molecule has 5 rings (SSSR count). The Balaban J connectivity index is 1.19. The first kappa shape index (κ1) is 28.1. The fraction of sp³-hybridized carbons (Fsp3) is 0.387. The first-order valence-corrected chi connectivity index (χ1v) is 15.1. The second kappa shape index (κ2) is 12.8. The number of amides is 2. The van der Waals surface area contributed by atoms with Crippen LogP contribution in [0.25, 0.3) is 0 Å². The number of pyridine rings is 1. The zero-order chi connectivity index (χ0) is 27.4. The molecule has 2 amide bonds. The lowest BCUT2D eigenvalue weighted by atomic mass is 9.76. The molecule has 0 saturated carbocycles. The van der Waals surface area contributed by atoms with Gasteiger partial charge in [-0.1, -0.05) is 53.5 Å². The zero-order valence-corrected chi connectivity index (χ0v) is 24.9. The molecule has 0 radical (unpaired) electrons. The van der Waals surface area contributed by atoms with Gasteiger partial charge in [-0.15, -0.1) is 0 Å². The molecule has 204 valence electrons. The standard InChI is InChI=1S/C31H32BrCl2N3O2/c32-24-15-23-10-9-22-16-25(33)17-26(34)29(22)30(31(23)36-19-24)21-11-13-37(14-12-21)28(39)8-4-7-27(38)35-18-20-5-2-1-3-6-20/h1-3,5-6,15-17,19,21,30H,4,7-14,18H2,(H,35,38). The molecule has 39 heavy (non-hydrogen) atoms. The van der Waals surface area contributed by atoms with Crippen molar-refractivity contribution >= 4 is 50.9 Å². The summed E-state index contributed by atoms with van der Waals surface area (Å²) in [6.07, 6.45) is 6.68. The molecular weight excluding hydrogens is 597 g/mol. The molecule has 1 atom stereocenters. The highest BCUT2D eigenvalue weighted by atomic mass is 79.9. The normalized spacial score (nSPS) is 17.2. The van der Waals surface area contributed by atoms with E-state index in [9.17, 15) is 9.59 Å². The van der Waals surface area contributed by atoms with Crippen LogP contribution >= 0.6 is 39.1 Å². The number of piperidine rings is 1. The van der Waals surface area contributed by atoms with Gasteiger partial charge in [0.2, 0.25) is 11.8 Å². The number of carbonyl (C=O) groups is 2. The van der Waals surface area contributed by atoms with E-state index in [-0.39, 0.29) is 17.7 Å². The number of aryl methyl sites for hydroxylation is 2. The number of hydrogen-bond donors (Lipinski definition) is 1. The van der Waals surface area contributed by atoms with Crippen LogP contribution in [0.4, 0.5) is 0 Å². The summed E-state index contributed by atoms with van der Waals surface area (Å²) in [7, 11) is 0. The molecule has 2 aliphatic rings. The van der Waals surface area contributed by atoms with Gasteiger partial charge in [0.05, 0.1) is 5.69 Å². The summed E-state index contributed by atoms with van der Waals surface area (Å²) in [5.74, 6) is 0.492. The fourth-order valence-electron chi connectivity index (χ4n) is 5.96. The lowest BCUT2D eigenvalue weighted by molar-refractivity contribution is -0.132. The summed E-state index contributed by atoms with van der Waals surface area (Å²) in [5.41, 5.74) is 5.72. The maximum Gasteiger partial charge on any atom is 0.222 e. The second-order valence-corrected chi connectivity index (χ2v) is 12.2. The van der Waals surface area contributed by atoms with Gasteiger partial charge in [-0.25, -0.2) is 0 Å². The molecule has 1 aliphatic carbocycles. The Labute approximate surface area is 248 Å². The topological polar surface area (TPSA) is 62.3 Å². The highest BCUT2D eigenvalue weighted by Crippen LogP contribution is 2.46. The van der Waals surface area contributed by atoms with E-state index in [2.05, 4.69) is 27.3 Å². The van der Waals surface area contributed by atoms with Gasteiger partial charge in [0, 0.05) is 59.1 Å². The number of hydrogen-bond acceptors (Lipinski definition) is 3. The number of fused-ring (bicyclic) bond motifs is 2. The molecule has 1 aromatic heterocycles. The average molecular weight is 629 g/mol. The van der Waals surface area contributed by atoms with Gasteiger partial charge in [0.25, 0.3) is 0 Å². The molecule has 1 fully saturated rings. The molecule has 3 aromatic rings. The summed E-state index contributed by atoms with van der Waals surface area (Å²) in [6.45, 7) is 1.91. The Hall–Kier alpha value is -2.41. The number of carbonyl (C=O) groups excluding carboxylic acids is 2. The van der Waals surface area contributed by atoms with Crippen LogP contribution in [0.2, 0.25) is 10.0 Å². The third-order valence-corrected chi connectivity index (χ3v) is 8.87. The van der Waals surface area contributed by atoms with Gasteiger partial charge in [-0.05, 0) is 94.4 Å². The molecule has 5 nitrogen and oxygen atoms in total. The zero-order valence-electron chi connectivity index (χ0n) is 21.8. The summed E-state index contributed by atoms with van der Waals surface area (Å²) in [5, 5.41) is 4.29. The van der Waals surface area contributed by atoms with Crippen LogP contribution in [0.5, 0.6) is 0 Å². The van der Waals surface area contributed by atoms with Crippen LogP contribution in [0.15, 0.2) is 59.2 Å². The van der Waals surface area contributed by atoms with Crippen molar-refractivity contribution in [1.29, 1.82) is 0 Å². The van der Waals surface area contributed by atoms with Crippen molar-refractivity contribution in [1.82, 2.24) is 15.2 Å². The Morgan fingerprint density at radius 3 is 2.51 bits per heavy atom. The summed E-state index contributed by atoms with van der Waals surface area (Å²) in [6, 6.07) is 15.9. The third kappa shape index (κ3) is 6.85. The highest BCUT2D eigenvalue weighted by Gasteiger charge is 2.36. The molecule has 2 aromatic carbocycles. The number of nitrogens with one attached hydrogen (secondary N) is 1. The monoisotopic (exact) mass is 627 g/mol. The van der Waals surface area contributed by atoms with E-state index in [1.54, 1.807) is 0 Å². The van der Waals surface area contributed by atoms with E-state index in [0.717, 1.165) is 47.0 Å². The first-order valence-electron chi connectivity index (χ1n) is 13.6. The lowest BCUT2D eigenvalue weighted by Crippen LogP contribution is -2.40. The van der Waals surface area contributed by atoms with Gasteiger partial charge in [0.15, 0.2) is 0 Å². The van der Waals surface area contributed by atoms with Crippen LogP contribution < -0.4 is 5.32 Å². The van der Waals surface area contributed by atoms with Crippen molar-refractivity contribution < 1.29 is 9.59 Å². The predicted octanol–water partition coefficient (Wildman–Crippen LogP) is 7.11. The molecule has 8 heteroatoms. The number of benzene rings is 2. The van der Waals surface area contributed by atoms with Crippen molar-refractivity contribution in [3.05, 3.63) is 97.2 Å². The van der Waals surface area contributed by atoms with Crippen LogP contribution in [-0.4, -0.2) is 34.8 Å². The summed E-state index contributed by atoms with van der Waals surface area (Å²) < 4.78 is 0.976. The van der Waals surface area contributed by atoms with E-state index in [1.807, 2.05) is 53.6 Å². The number of nitrogens with zero attached hydrogens (tertiary/aromatic N) is 2. The quantitative estimate of drug-likeness (QED) is 0.303. The molecule has 1 N–H and O–H groups in total. The predicted molar refractivity (Wildman–Crippen MR) is 159 cm³/mol. The van der Waals surface area contributed by atoms with E-state index in [1.165, 1.54) is 11.1 Å². The van der Waals surface area contributed by atoms with Gasteiger partial charge in [0.1, 0.15) is 0 Å². The van der Waals surface area contributed by atoms with Crippen molar-refractivity contribution in [2.45, 2.75) is 57.4 Å². The number of rotatable bonds is 7. The van der Waals surface area contributed by atoms with Crippen molar-refractivity contribution in [3.8, 4) is 0 Å². The van der Waals surface area contributed by atoms with Gasteiger partial charge >= 0.3 is 0 Å². The van der Waals surface area contributed by atoms with Crippen molar-refractivity contribution in [2.75, 3.05) is 13.1 Å². The molecule has 1 unspecified atom stereocenters. The maximum atomic E-state index is 13.0. The lowest BCUT2D eigenvalue weighted by Gasteiger charge is -2.37.